The van der Waals surface area contributed by atoms with Crippen LogP contribution in [0.25, 0.3) is 0 Å². The second-order valence-corrected chi connectivity index (χ2v) is 6.52. The van der Waals surface area contributed by atoms with Crippen LogP contribution in [0.4, 0.5) is 5.69 Å². The van der Waals surface area contributed by atoms with Gasteiger partial charge in [0.15, 0.2) is 6.61 Å². The number of aryl methyl sites for hydroxylation is 1. The highest BCUT2D eigenvalue weighted by atomic mass is 16.5. The maximum absolute atomic E-state index is 12.0. The molecule has 0 saturated heterocycles. The first-order valence-corrected chi connectivity index (χ1v) is 9.41. The zero-order valence-electron chi connectivity index (χ0n) is 16.2. The third-order valence-electron chi connectivity index (χ3n) is 4.14. The van der Waals surface area contributed by atoms with Gasteiger partial charge in [0, 0.05) is 11.3 Å². The predicted molar refractivity (Wildman–Crippen MR) is 108 cm³/mol. The molecule has 0 aromatic heterocycles. The Bertz CT molecular complexity index is 788. The van der Waals surface area contributed by atoms with E-state index in [9.17, 15) is 14.4 Å². The van der Waals surface area contributed by atoms with Crippen molar-refractivity contribution in [2.24, 2.45) is 0 Å². The normalized spacial score (nSPS) is 11.4. The minimum atomic E-state index is -0.863. The van der Waals surface area contributed by atoms with E-state index in [1.165, 1.54) is 12.5 Å². The predicted octanol–water partition coefficient (Wildman–Crippen LogP) is 3.33. The third kappa shape index (κ3) is 6.87. The summed E-state index contributed by atoms with van der Waals surface area (Å²) in [6, 6.07) is 15.3. The molecule has 2 amide bonds. The lowest BCUT2D eigenvalue weighted by atomic mass is 10.1. The Morgan fingerprint density at radius 1 is 1.00 bits per heavy atom. The SMILES string of the molecule is CCCCc1ccc(NC(=O)COC(=O)[C@H](C)NC(=O)c2ccccc2)cc1. The van der Waals surface area contributed by atoms with Crippen molar-refractivity contribution in [2.75, 3.05) is 11.9 Å². The van der Waals surface area contributed by atoms with Crippen LogP contribution in [0.3, 0.4) is 0 Å². The van der Waals surface area contributed by atoms with Crippen LogP contribution >= 0.6 is 0 Å². The van der Waals surface area contributed by atoms with Crippen molar-refractivity contribution < 1.29 is 19.1 Å². The molecule has 1 atom stereocenters. The number of carbonyl (C=O) groups excluding carboxylic acids is 3. The molecule has 0 spiro atoms. The van der Waals surface area contributed by atoms with Gasteiger partial charge >= 0.3 is 5.97 Å². The number of rotatable bonds is 9. The molecule has 28 heavy (non-hydrogen) atoms. The van der Waals surface area contributed by atoms with E-state index in [1.54, 1.807) is 30.3 Å². The molecule has 2 rings (SSSR count). The summed E-state index contributed by atoms with van der Waals surface area (Å²) in [6.07, 6.45) is 3.27. The zero-order chi connectivity index (χ0) is 20.4. The van der Waals surface area contributed by atoms with Crippen molar-refractivity contribution in [1.29, 1.82) is 0 Å². The van der Waals surface area contributed by atoms with Crippen molar-refractivity contribution in [1.82, 2.24) is 5.32 Å². The average Bonchev–Trinajstić information content (AvgIpc) is 2.72. The number of unbranched alkanes of at least 4 members (excludes halogenated alkanes) is 1. The molecule has 0 heterocycles. The summed E-state index contributed by atoms with van der Waals surface area (Å²) in [6.45, 7) is 3.24. The Balaban J connectivity index is 1.75. The first-order chi connectivity index (χ1) is 13.5. The largest absolute Gasteiger partial charge is 0.454 e. The second kappa shape index (κ2) is 10.9. The maximum atomic E-state index is 12.0. The number of carbonyl (C=O) groups is 3. The standard InChI is InChI=1S/C22H26N2O4/c1-3-4-8-17-11-13-19(14-12-17)24-20(25)15-28-22(27)16(2)23-21(26)18-9-6-5-7-10-18/h5-7,9-14,16H,3-4,8,15H2,1-2H3,(H,23,26)(H,24,25)/t16-/m0/s1. The van der Waals surface area contributed by atoms with Crippen LogP contribution in [0.15, 0.2) is 54.6 Å². The van der Waals surface area contributed by atoms with Crippen LogP contribution in [-0.4, -0.2) is 30.4 Å². The Hall–Kier alpha value is -3.15. The summed E-state index contributed by atoms with van der Waals surface area (Å²) in [5, 5.41) is 5.23. The fourth-order valence-corrected chi connectivity index (χ4v) is 2.52. The molecule has 0 aliphatic rings. The minimum absolute atomic E-state index is 0.377. The number of hydrogen-bond donors (Lipinski definition) is 2. The first kappa shape index (κ1) is 21.2. The van der Waals surface area contributed by atoms with Crippen molar-refractivity contribution in [3.8, 4) is 0 Å². The number of esters is 1. The molecule has 2 N–H and O–H groups in total. The van der Waals surface area contributed by atoms with Crippen LogP contribution in [0, 0.1) is 0 Å². The number of nitrogens with one attached hydrogen (secondary N) is 2. The minimum Gasteiger partial charge on any atom is -0.454 e. The van der Waals surface area contributed by atoms with Gasteiger partial charge in [0.05, 0.1) is 0 Å². The molecule has 0 unspecified atom stereocenters. The van der Waals surface area contributed by atoms with Gasteiger partial charge in [-0.2, -0.15) is 0 Å². The van der Waals surface area contributed by atoms with E-state index in [0.717, 1.165) is 19.3 Å². The smallest absolute Gasteiger partial charge is 0.328 e. The topological polar surface area (TPSA) is 84.5 Å². The molecule has 2 aromatic carbocycles. The van der Waals surface area contributed by atoms with E-state index < -0.39 is 24.5 Å². The second-order valence-electron chi connectivity index (χ2n) is 6.52. The molecular formula is C22H26N2O4. The van der Waals surface area contributed by atoms with E-state index in [-0.39, 0.29) is 5.91 Å². The summed E-state index contributed by atoms with van der Waals surface area (Å²) < 4.78 is 4.99. The lowest BCUT2D eigenvalue weighted by Gasteiger charge is -2.13. The number of amides is 2. The van der Waals surface area contributed by atoms with Crippen LogP contribution in [0.5, 0.6) is 0 Å². The quantitative estimate of drug-likeness (QED) is 0.652. The Labute approximate surface area is 165 Å². The van der Waals surface area contributed by atoms with Gasteiger partial charge in [0.2, 0.25) is 0 Å². The maximum Gasteiger partial charge on any atom is 0.328 e. The fraction of sp³-hybridized carbons (Fsp3) is 0.318. The number of anilines is 1. The Morgan fingerprint density at radius 2 is 1.68 bits per heavy atom. The highest BCUT2D eigenvalue weighted by Gasteiger charge is 2.19. The van der Waals surface area contributed by atoms with E-state index in [2.05, 4.69) is 17.6 Å². The van der Waals surface area contributed by atoms with Crippen molar-refractivity contribution >= 4 is 23.5 Å². The Morgan fingerprint density at radius 3 is 2.32 bits per heavy atom. The summed E-state index contributed by atoms with van der Waals surface area (Å²) >= 11 is 0. The molecular weight excluding hydrogens is 356 g/mol. The molecule has 0 aliphatic heterocycles. The third-order valence-corrected chi connectivity index (χ3v) is 4.14. The van der Waals surface area contributed by atoms with Gasteiger partial charge in [-0.15, -0.1) is 0 Å². The van der Waals surface area contributed by atoms with Crippen molar-refractivity contribution in [2.45, 2.75) is 39.2 Å². The van der Waals surface area contributed by atoms with Gasteiger partial charge in [-0.05, 0) is 49.6 Å². The average molecular weight is 382 g/mol. The van der Waals surface area contributed by atoms with Crippen molar-refractivity contribution in [3.05, 3.63) is 65.7 Å². The molecule has 0 saturated carbocycles. The summed E-state index contributed by atoms with van der Waals surface area (Å²) in [4.78, 5) is 36.0. The summed E-state index contributed by atoms with van der Waals surface area (Å²) in [5.74, 6) is -1.48. The summed E-state index contributed by atoms with van der Waals surface area (Å²) in [5.41, 5.74) is 2.31. The first-order valence-electron chi connectivity index (χ1n) is 9.41. The molecule has 0 bridgehead atoms. The molecule has 0 fully saturated rings. The highest BCUT2D eigenvalue weighted by molar-refractivity contribution is 5.97. The van der Waals surface area contributed by atoms with Gasteiger partial charge in [0.25, 0.3) is 11.8 Å². The molecule has 6 nitrogen and oxygen atoms in total. The van der Waals surface area contributed by atoms with Gasteiger partial charge in [0.1, 0.15) is 6.04 Å². The van der Waals surface area contributed by atoms with Crippen molar-refractivity contribution in [3.63, 3.8) is 0 Å². The molecule has 6 heteroatoms. The lowest BCUT2D eigenvalue weighted by molar-refractivity contribution is -0.148. The van der Waals surface area contributed by atoms with Gasteiger partial charge in [-0.25, -0.2) is 4.79 Å². The number of benzene rings is 2. The van der Waals surface area contributed by atoms with Crippen LogP contribution in [-0.2, 0) is 20.7 Å². The van der Waals surface area contributed by atoms with E-state index in [4.69, 9.17) is 4.74 Å². The fourth-order valence-electron chi connectivity index (χ4n) is 2.52. The van der Waals surface area contributed by atoms with Crippen LogP contribution < -0.4 is 10.6 Å². The monoisotopic (exact) mass is 382 g/mol. The highest BCUT2D eigenvalue weighted by Crippen LogP contribution is 2.11. The van der Waals surface area contributed by atoms with E-state index in [0.29, 0.717) is 11.3 Å². The van der Waals surface area contributed by atoms with Gasteiger partial charge in [-0.1, -0.05) is 43.7 Å². The number of ether oxygens (including phenoxy) is 1. The van der Waals surface area contributed by atoms with E-state index >= 15 is 0 Å². The Kier molecular flexibility index (Phi) is 8.21. The van der Waals surface area contributed by atoms with Crippen LogP contribution in [0.2, 0.25) is 0 Å². The molecule has 2 aromatic rings. The molecule has 0 radical (unpaired) electrons. The van der Waals surface area contributed by atoms with Gasteiger partial charge < -0.3 is 15.4 Å². The lowest BCUT2D eigenvalue weighted by Crippen LogP contribution is -2.40. The molecule has 148 valence electrons. The molecule has 0 aliphatic carbocycles. The number of hydrogen-bond acceptors (Lipinski definition) is 4. The summed E-state index contributed by atoms with van der Waals surface area (Å²) in [7, 11) is 0. The zero-order valence-corrected chi connectivity index (χ0v) is 16.2. The van der Waals surface area contributed by atoms with Crippen LogP contribution in [0.1, 0.15) is 42.6 Å². The van der Waals surface area contributed by atoms with E-state index in [1.807, 2.05) is 24.3 Å². The van der Waals surface area contributed by atoms with Gasteiger partial charge in [-0.3, -0.25) is 9.59 Å².